The summed E-state index contributed by atoms with van der Waals surface area (Å²) in [6, 6.07) is 7.91. The van der Waals surface area contributed by atoms with Crippen molar-refractivity contribution in [1.82, 2.24) is 5.32 Å². The Hall–Kier alpha value is -1.51. The molecule has 98 valence electrons. The van der Waals surface area contributed by atoms with E-state index >= 15 is 0 Å². The number of rotatable bonds is 3. The van der Waals surface area contributed by atoms with Crippen molar-refractivity contribution in [3.05, 3.63) is 29.8 Å². The Bertz CT molecular complexity index is 430. The maximum atomic E-state index is 12.4. The molecule has 2 rings (SSSR count). The lowest BCUT2D eigenvalue weighted by Crippen LogP contribution is -2.42. The fourth-order valence-corrected chi connectivity index (χ4v) is 2.77. The van der Waals surface area contributed by atoms with Crippen molar-refractivity contribution in [2.24, 2.45) is 0 Å². The van der Waals surface area contributed by atoms with Crippen LogP contribution in [0.15, 0.2) is 24.3 Å². The lowest BCUT2D eigenvalue weighted by molar-refractivity contribution is -0.126. The Kier molecular flexibility index (Phi) is 3.90. The molecule has 0 bridgehead atoms. The van der Waals surface area contributed by atoms with E-state index in [0.29, 0.717) is 0 Å². The van der Waals surface area contributed by atoms with E-state index in [1.54, 1.807) is 7.11 Å². The Morgan fingerprint density at radius 2 is 2.22 bits per heavy atom. The second-order valence-electron chi connectivity index (χ2n) is 4.88. The van der Waals surface area contributed by atoms with Crippen LogP contribution in [0.4, 0.5) is 0 Å². The molecule has 1 atom stereocenters. The first-order valence-electron chi connectivity index (χ1n) is 6.66. The van der Waals surface area contributed by atoms with Crippen LogP contribution in [-0.2, 0) is 10.2 Å². The van der Waals surface area contributed by atoms with Gasteiger partial charge in [-0.25, -0.2) is 0 Å². The summed E-state index contributed by atoms with van der Waals surface area (Å²) in [5.41, 5.74) is 0.689. The zero-order valence-corrected chi connectivity index (χ0v) is 11.2. The molecule has 0 radical (unpaired) electrons. The highest BCUT2D eigenvalue weighted by Gasteiger charge is 2.39. The van der Waals surface area contributed by atoms with Gasteiger partial charge in [0.25, 0.3) is 0 Å². The minimum Gasteiger partial charge on any atom is -0.497 e. The molecular weight excluding hydrogens is 226 g/mol. The van der Waals surface area contributed by atoms with Crippen molar-refractivity contribution >= 4 is 5.91 Å². The van der Waals surface area contributed by atoms with Crippen LogP contribution in [0, 0.1) is 0 Å². The lowest BCUT2D eigenvalue weighted by Gasteiger charge is -2.30. The van der Waals surface area contributed by atoms with Gasteiger partial charge in [0.05, 0.1) is 12.5 Å². The zero-order chi connectivity index (χ0) is 13.0. The molecule has 0 aliphatic carbocycles. The van der Waals surface area contributed by atoms with Crippen LogP contribution in [0.2, 0.25) is 0 Å². The van der Waals surface area contributed by atoms with E-state index in [1.165, 1.54) is 0 Å². The van der Waals surface area contributed by atoms with Crippen molar-refractivity contribution in [2.75, 3.05) is 13.7 Å². The highest BCUT2D eigenvalue weighted by molar-refractivity contribution is 5.88. The van der Waals surface area contributed by atoms with E-state index in [0.717, 1.165) is 43.5 Å². The number of hydrogen-bond acceptors (Lipinski definition) is 2. The average Bonchev–Trinajstić information content (AvgIpc) is 2.61. The van der Waals surface area contributed by atoms with Gasteiger partial charge in [0.15, 0.2) is 0 Å². The highest BCUT2D eigenvalue weighted by atomic mass is 16.5. The first-order chi connectivity index (χ1) is 8.73. The van der Waals surface area contributed by atoms with Gasteiger partial charge >= 0.3 is 0 Å². The van der Waals surface area contributed by atoms with Gasteiger partial charge < -0.3 is 10.1 Å². The predicted molar refractivity (Wildman–Crippen MR) is 71.8 cm³/mol. The number of carbonyl (C=O) groups excluding carboxylic acids is 1. The summed E-state index contributed by atoms with van der Waals surface area (Å²) in [7, 11) is 1.66. The van der Waals surface area contributed by atoms with Gasteiger partial charge in [-0.15, -0.1) is 0 Å². The fraction of sp³-hybridized carbons (Fsp3) is 0.533. The molecular formula is C15H21NO2. The summed E-state index contributed by atoms with van der Waals surface area (Å²) in [6.45, 7) is 2.88. The topological polar surface area (TPSA) is 38.3 Å². The Labute approximate surface area is 109 Å². The van der Waals surface area contributed by atoms with Gasteiger partial charge in [0, 0.05) is 6.54 Å². The Morgan fingerprint density at radius 1 is 1.39 bits per heavy atom. The average molecular weight is 247 g/mol. The molecule has 1 saturated heterocycles. The molecule has 1 aliphatic rings. The Morgan fingerprint density at radius 3 is 2.94 bits per heavy atom. The monoisotopic (exact) mass is 247 g/mol. The maximum absolute atomic E-state index is 12.4. The van der Waals surface area contributed by atoms with Gasteiger partial charge in [-0.1, -0.05) is 25.5 Å². The van der Waals surface area contributed by atoms with Crippen LogP contribution in [0.5, 0.6) is 5.75 Å². The predicted octanol–water partition coefficient (Wildman–Crippen LogP) is 2.64. The van der Waals surface area contributed by atoms with Crippen LogP contribution in [0.25, 0.3) is 0 Å². The molecule has 0 unspecified atom stereocenters. The third-order valence-electron chi connectivity index (χ3n) is 3.98. The summed E-state index contributed by atoms with van der Waals surface area (Å²) in [5, 5.41) is 3.04. The molecule has 0 aromatic heterocycles. The van der Waals surface area contributed by atoms with Crippen LogP contribution in [-0.4, -0.2) is 19.6 Å². The number of methoxy groups -OCH3 is 1. The minimum atomic E-state index is -0.384. The van der Waals surface area contributed by atoms with E-state index in [2.05, 4.69) is 12.2 Å². The second-order valence-corrected chi connectivity index (χ2v) is 4.88. The summed E-state index contributed by atoms with van der Waals surface area (Å²) < 4.78 is 5.27. The van der Waals surface area contributed by atoms with Crippen molar-refractivity contribution in [3.63, 3.8) is 0 Å². The summed E-state index contributed by atoms with van der Waals surface area (Å²) in [5.74, 6) is 0.980. The van der Waals surface area contributed by atoms with Crippen LogP contribution >= 0.6 is 0 Å². The van der Waals surface area contributed by atoms with Crippen molar-refractivity contribution < 1.29 is 9.53 Å². The van der Waals surface area contributed by atoms with Crippen molar-refractivity contribution in [1.29, 1.82) is 0 Å². The minimum absolute atomic E-state index is 0.163. The first kappa shape index (κ1) is 12.9. The number of benzene rings is 1. The van der Waals surface area contributed by atoms with Crippen LogP contribution in [0.3, 0.4) is 0 Å². The van der Waals surface area contributed by atoms with E-state index in [-0.39, 0.29) is 11.3 Å². The normalized spacial score (nSPS) is 24.2. The molecule has 1 aliphatic heterocycles. The molecule has 1 fully saturated rings. The SMILES string of the molecule is CC[C@]1(c2cccc(OC)c2)CCCCNC1=O. The molecule has 1 heterocycles. The van der Waals surface area contributed by atoms with E-state index in [1.807, 2.05) is 24.3 Å². The molecule has 0 spiro atoms. The van der Waals surface area contributed by atoms with Gasteiger partial charge in [0.2, 0.25) is 5.91 Å². The summed E-state index contributed by atoms with van der Waals surface area (Å²) in [6.07, 6.45) is 3.90. The van der Waals surface area contributed by atoms with E-state index in [9.17, 15) is 4.79 Å². The smallest absolute Gasteiger partial charge is 0.230 e. The quantitative estimate of drug-likeness (QED) is 0.891. The molecule has 1 aromatic carbocycles. The van der Waals surface area contributed by atoms with E-state index in [4.69, 9.17) is 4.74 Å². The summed E-state index contributed by atoms with van der Waals surface area (Å²) in [4.78, 5) is 12.4. The molecule has 0 saturated carbocycles. The molecule has 3 heteroatoms. The third kappa shape index (κ3) is 2.22. The fourth-order valence-electron chi connectivity index (χ4n) is 2.77. The van der Waals surface area contributed by atoms with Crippen molar-refractivity contribution in [2.45, 2.75) is 38.0 Å². The summed E-state index contributed by atoms with van der Waals surface area (Å²) >= 11 is 0. The molecule has 1 aromatic rings. The molecule has 1 N–H and O–H groups in total. The largest absolute Gasteiger partial charge is 0.497 e. The lowest BCUT2D eigenvalue weighted by atomic mass is 9.74. The number of hydrogen-bond donors (Lipinski definition) is 1. The standard InChI is InChI=1S/C15H21NO2/c1-3-15(9-4-5-10-16-14(15)17)12-7-6-8-13(11-12)18-2/h6-8,11H,3-5,9-10H2,1-2H3,(H,16,17)/t15-/m1/s1. The molecule has 3 nitrogen and oxygen atoms in total. The number of amides is 1. The Balaban J connectivity index is 2.43. The van der Waals surface area contributed by atoms with Gasteiger partial charge in [-0.2, -0.15) is 0 Å². The van der Waals surface area contributed by atoms with Crippen LogP contribution < -0.4 is 10.1 Å². The van der Waals surface area contributed by atoms with Gasteiger partial charge in [0.1, 0.15) is 5.75 Å². The maximum Gasteiger partial charge on any atom is 0.230 e. The molecule has 1 amide bonds. The number of nitrogens with one attached hydrogen (secondary N) is 1. The van der Waals surface area contributed by atoms with Gasteiger partial charge in [-0.05, 0) is 37.0 Å². The highest BCUT2D eigenvalue weighted by Crippen LogP contribution is 2.36. The zero-order valence-electron chi connectivity index (χ0n) is 11.2. The van der Waals surface area contributed by atoms with Crippen LogP contribution in [0.1, 0.15) is 38.2 Å². The third-order valence-corrected chi connectivity index (χ3v) is 3.98. The first-order valence-corrected chi connectivity index (χ1v) is 6.66. The number of carbonyl (C=O) groups is 1. The number of ether oxygens (including phenoxy) is 1. The van der Waals surface area contributed by atoms with Gasteiger partial charge in [-0.3, -0.25) is 4.79 Å². The second kappa shape index (κ2) is 5.42. The van der Waals surface area contributed by atoms with E-state index < -0.39 is 0 Å². The van der Waals surface area contributed by atoms with Crippen molar-refractivity contribution in [3.8, 4) is 5.75 Å². The molecule has 18 heavy (non-hydrogen) atoms.